The van der Waals surface area contributed by atoms with Crippen molar-refractivity contribution in [2.75, 3.05) is 5.32 Å². The predicted octanol–water partition coefficient (Wildman–Crippen LogP) is 5.06. The van der Waals surface area contributed by atoms with Gasteiger partial charge in [0.25, 0.3) is 0 Å². The summed E-state index contributed by atoms with van der Waals surface area (Å²) < 4.78 is 5.24. The van der Waals surface area contributed by atoms with E-state index in [0.29, 0.717) is 5.15 Å². The quantitative estimate of drug-likeness (QED) is 0.687. The minimum Gasteiger partial charge on any atom is -0.361 e. The summed E-state index contributed by atoms with van der Waals surface area (Å²) in [4.78, 5) is 4.25. The number of halogens is 1. The van der Waals surface area contributed by atoms with Gasteiger partial charge in [0.2, 0.25) is 0 Å². The molecule has 1 aromatic carbocycles. The first kappa shape index (κ1) is 14.6. The third-order valence-corrected chi connectivity index (χ3v) is 3.74. The maximum Gasteiger partial charge on any atom is 0.152 e. The monoisotopic (exact) mass is 313 g/mol. The lowest BCUT2D eigenvalue weighted by Crippen LogP contribution is -1.94. The van der Waals surface area contributed by atoms with Gasteiger partial charge in [-0.2, -0.15) is 0 Å². The van der Waals surface area contributed by atoms with E-state index >= 15 is 0 Å². The van der Waals surface area contributed by atoms with Crippen LogP contribution in [0.5, 0.6) is 0 Å². The second-order valence-electron chi connectivity index (χ2n) is 5.20. The lowest BCUT2D eigenvalue weighted by Gasteiger charge is -2.10. The molecular formula is C17H16ClN3O. The second-order valence-corrected chi connectivity index (χ2v) is 5.55. The number of pyridine rings is 1. The number of anilines is 2. The Morgan fingerprint density at radius 1 is 1.09 bits per heavy atom. The zero-order valence-corrected chi connectivity index (χ0v) is 13.4. The number of nitrogens with one attached hydrogen (secondary N) is 1. The molecule has 2 aromatic heterocycles. The summed E-state index contributed by atoms with van der Waals surface area (Å²) in [6.45, 7) is 5.76. The molecule has 0 aliphatic heterocycles. The average molecular weight is 314 g/mol. The van der Waals surface area contributed by atoms with Crippen molar-refractivity contribution in [1.82, 2.24) is 10.1 Å². The van der Waals surface area contributed by atoms with E-state index in [4.69, 9.17) is 16.1 Å². The van der Waals surface area contributed by atoms with Gasteiger partial charge in [0, 0.05) is 16.9 Å². The van der Waals surface area contributed by atoms with Crippen molar-refractivity contribution in [2.24, 2.45) is 0 Å². The Morgan fingerprint density at radius 2 is 1.91 bits per heavy atom. The molecule has 0 bridgehead atoms. The van der Waals surface area contributed by atoms with Crippen LogP contribution in [0.2, 0.25) is 5.15 Å². The lowest BCUT2D eigenvalue weighted by atomic mass is 10.0. The predicted molar refractivity (Wildman–Crippen MR) is 88.7 cm³/mol. The molecule has 0 saturated carbocycles. The highest BCUT2D eigenvalue weighted by atomic mass is 35.5. The molecule has 3 aromatic rings. The fourth-order valence-electron chi connectivity index (χ4n) is 2.42. The van der Waals surface area contributed by atoms with Gasteiger partial charge >= 0.3 is 0 Å². The van der Waals surface area contributed by atoms with Crippen molar-refractivity contribution in [2.45, 2.75) is 20.8 Å². The second kappa shape index (κ2) is 5.81. The number of nitrogens with zero attached hydrogens (tertiary/aromatic N) is 2. The fraction of sp³-hybridized carbons (Fsp3) is 0.176. The Kier molecular flexibility index (Phi) is 3.86. The van der Waals surface area contributed by atoms with Gasteiger partial charge in [0.05, 0.1) is 11.4 Å². The molecule has 0 amide bonds. The van der Waals surface area contributed by atoms with Crippen LogP contribution >= 0.6 is 11.6 Å². The van der Waals surface area contributed by atoms with Gasteiger partial charge < -0.3 is 9.84 Å². The normalized spacial score (nSPS) is 10.7. The topological polar surface area (TPSA) is 51.0 Å². The van der Waals surface area contributed by atoms with Crippen LogP contribution in [0.3, 0.4) is 0 Å². The molecule has 22 heavy (non-hydrogen) atoms. The van der Waals surface area contributed by atoms with Gasteiger partial charge in [-0.25, -0.2) is 4.98 Å². The lowest BCUT2D eigenvalue weighted by molar-refractivity contribution is 0.393. The molecule has 0 aliphatic rings. The first-order valence-electron chi connectivity index (χ1n) is 6.98. The summed E-state index contributed by atoms with van der Waals surface area (Å²) in [7, 11) is 0. The fourth-order valence-corrected chi connectivity index (χ4v) is 2.66. The van der Waals surface area contributed by atoms with Crippen LogP contribution in [-0.2, 0) is 0 Å². The Hall–Kier alpha value is -2.33. The maximum atomic E-state index is 6.17. The molecule has 0 aliphatic carbocycles. The van der Waals surface area contributed by atoms with Crippen LogP contribution in [0, 0.1) is 20.8 Å². The van der Waals surface area contributed by atoms with Crippen molar-refractivity contribution in [1.29, 1.82) is 0 Å². The molecule has 112 valence electrons. The third-order valence-electron chi connectivity index (χ3n) is 3.45. The number of benzene rings is 1. The molecule has 3 rings (SSSR count). The summed E-state index contributed by atoms with van der Waals surface area (Å²) in [5.41, 5.74) is 5.56. The van der Waals surface area contributed by atoms with Crippen molar-refractivity contribution in [3.05, 3.63) is 58.7 Å². The first-order valence-corrected chi connectivity index (χ1v) is 7.36. The SMILES string of the molecule is Cc1ccc(Nc2cccc(-c3c(C)noc3C)c2)c(Cl)n1. The highest BCUT2D eigenvalue weighted by Crippen LogP contribution is 2.30. The summed E-state index contributed by atoms with van der Waals surface area (Å²) in [5, 5.41) is 7.76. The van der Waals surface area contributed by atoms with E-state index in [1.807, 2.05) is 57.2 Å². The highest BCUT2D eigenvalue weighted by molar-refractivity contribution is 6.32. The van der Waals surface area contributed by atoms with E-state index in [1.54, 1.807) is 0 Å². The van der Waals surface area contributed by atoms with Crippen molar-refractivity contribution < 1.29 is 4.52 Å². The molecule has 5 heteroatoms. The highest BCUT2D eigenvalue weighted by Gasteiger charge is 2.12. The van der Waals surface area contributed by atoms with Crippen LogP contribution in [-0.4, -0.2) is 10.1 Å². The zero-order valence-electron chi connectivity index (χ0n) is 12.6. The van der Waals surface area contributed by atoms with Gasteiger partial charge in [-0.1, -0.05) is 28.9 Å². The van der Waals surface area contributed by atoms with E-state index in [9.17, 15) is 0 Å². The average Bonchev–Trinajstić information content (AvgIpc) is 2.81. The number of aryl methyl sites for hydroxylation is 3. The summed E-state index contributed by atoms with van der Waals surface area (Å²) >= 11 is 6.17. The molecule has 0 spiro atoms. The van der Waals surface area contributed by atoms with Gasteiger partial charge in [0.15, 0.2) is 5.15 Å². The summed E-state index contributed by atoms with van der Waals surface area (Å²) in [5.74, 6) is 0.810. The maximum absolute atomic E-state index is 6.17. The van der Waals surface area contributed by atoms with Gasteiger partial charge in [-0.3, -0.25) is 0 Å². The number of rotatable bonds is 3. The molecular weight excluding hydrogens is 298 g/mol. The molecule has 0 atom stereocenters. The Bertz CT molecular complexity index is 807. The van der Waals surface area contributed by atoms with Gasteiger partial charge in [0.1, 0.15) is 5.76 Å². The molecule has 0 unspecified atom stereocenters. The number of aromatic nitrogens is 2. The smallest absolute Gasteiger partial charge is 0.152 e. The molecule has 1 N–H and O–H groups in total. The molecule has 0 fully saturated rings. The van der Waals surface area contributed by atoms with E-state index in [0.717, 1.165) is 39.6 Å². The first-order chi connectivity index (χ1) is 10.5. The van der Waals surface area contributed by atoms with Crippen LogP contribution < -0.4 is 5.32 Å². The van der Waals surface area contributed by atoms with E-state index in [1.165, 1.54) is 0 Å². The Balaban J connectivity index is 1.95. The van der Waals surface area contributed by atoms with E-state index < -0.39 is 0 Å². The van der Waals surface area contributed by atoms with Crippen molar-refractivity contribution in [3.8, 4) is 11.1 Å². The van der Waals surface area contributed by atoms with Crippen molar-refractivity contribution in [3.63, 3.8) is 0 Å². The molecule has 0 saturated heterocycles. The molecule has 0 radical (unpaired) electrons. The minimum atomic E-state index is 0.461. The number of hydrogen-bond donors (Lipinski definition) is 1. The van der Waals surface area contributed by atoms with E-state index in [2.05, 4.69) is 15.5 Å². The third kappa shape index (κ3) is 2.83. The van der Waals surface area contributed by atoms with Crippen LogP contribution in [0.15, 0.2) is 40.9 Å². The van der Waals surface area contributed by atoms with Gasteiger partial charge in [-0.05, 0) is 50.6 Å². The Morgan fingerprint density at radius 3 is 2.59 bits per heavy atom. The Labute approximate surface area is 134 Å². The van der Waals surface area contributed by atoms with Crippen LogP contribution in [0.25, 0.3) is 11.1 Å². The standard InChI is InChI=1S/C17H16ClN3O/c1-10-7-8-15(17(18)19-10)20-14-6-4-5-13(9-14)16-11(2)21-22-12(16)3/h4-9,20H,1-3H3. The van der Waals surface area contributed by atoms with E-state index in [-0.39, 0.29) is 0 Å². The molecule has 4 nitrogen and oxygen atoms in total. The van der Waals surface area contributed by atoms with Crippen LogP contribution in [0.1, 0.15) is 17.1 Å². The zero-order chi connectivity index (χ0) is 15.7. The largest absolute Gasteiger partial charge is 0.361 e. The summed E-state index contributed by atoms with van der Waals surface area (Å²) in [6.07, 6.45) is 0. The summed E-state index contributed by atoms with van der Waals surface area (Å²) in [6, 6.07) is 11.9. The molecule has 2 heterocycles. The van der Waals surface area contributed by atoms with Crippen molar-refractivity contribution >= 4 is 23.0 Å². The number of hydrogen-bond acceptors (Lipinski definition) is 4. The minimum absolute atomic E-state index is 0.461. The van der Waals surface area contributed by atoms with Crippen LogP contribution in [0.4, 0.5) is 11.4 Å². The van der Waals surface area contributed by atoms with Gasteiger partial charge in [-0.15, -0.1) is 0 Å².